The summed E-state index contributed by atoms with van der Waals surface area (Å²) in [6.45, 7) is 2.88. The van der Waals surface area contributed by atoms with Crippen LogP contribution in [0.1, 0.15) is 24.0 Å². The largest absolute Gasteiger partial charge is 0.314 e. The number of rotatable bonds is 2. The predicted octanol–water partition coefficient (Wildman–Crippen LogP) is 3.19. The van der Waals surface area contributed by atoms with Gasteiger partial charge in [0.05, 0.1) is 4.47 Å². The Morgan fingerprint density at radius 3 is 3.00 bits per heavy atom. The van der Waals surface area contributed by atoms with E-state index in [0.29, 0.717) is 16.1 Å². The SMILES string of the molecule is Cc1ccc(CC2CCCN2)c(Br)c1F. The highest BCUT2D eigenvalue weighted by Gasteiger charge is 2.17. The van der Waals surface area contributed by atoms with Crippen molar-refractivity contribution in [1.29, 1.82) is 0 Å². The van der Waals surface area contributed by atoms with Gasteiger partial charge in [-0.15, -0.1) is 0 Å². The lowest BCUT2D eigenvalue weighted by atomic mass is 10.0. The van der Waals surface area contributed by atoms with Crippen LogP contribution in [0, 0.1) is 12.7 Å². The van der Waals surface area contributed by atoms with Crippen LogP contribution in [0.5, 0.6) is 0 Å². The van der Waals surface area contributed by atoms with Gasteiger partial charge in [0, 0.05) is 6.04 Å². The van der Waals surface area contributed by atoms with Crippen molar-refractivity contribution in [2.45, 2.75) is 32.2 Å². The molecular weight excluding hydrogens is 257 g/mol. The Kier molecular flexibility index (Phi) is 3.42. The van der Waals surface area contributed by atoms with Crippen LogP contribution in [0.3, 0.4) is 0 Å². The van der Waals surface area contributed by atoms with E-state index in [2.05, 4.69) is 21.2 Å². The fourth-order valence-corrected chi connectivity index (χ4v) is 2.65. The first-order valence-electron chi connectivity index (χ1n) is 5.35. The third-order valence-corrected chi connectivity index (χ3v) is 3.84. The molecule has 15 heavy (non-hydrogen) atoms. The van der Waals surface area contributed by atoms with E-state index in [1.807, 2.05) is 12.1 Å². The van der Waals surface area contributed by atoms with Gasteiger partial charge in [0.2, 0.25) is 0 Å². The van der Waals surface area contributed by atoms with E-state index in [9.17, 15) is 4.39 Å². The predicted molar refractivity (Wildman–Crippen MR) is 63.6 cm³/mol. The molecule has 2 rings (SSSR count). The molecule has 1 aromatic carbocycles. The van der Waals surface area contributed by atoms with E-state index in [-0.39, 0.29) is 5.82 Å². The van der Waals surface area contributed by atoms with Gasteiger partial charge < -0.3 is 5.32 Å². The second-order valence-corrected chi connectivity index (χ2v) is 4.96. The highest BCUT2D eigenvalue weighted by atomic mass is 79.9. The van der Waals surface area contributed by atoms with Crippen molar-refractivity contribution in [2.75, 3.05) is 6.54 Å². The molecule has 1 heterocycles. The maximum Gasteiger partial charge on any atom is 0.140 e. The van der Waals surface area contributed by atoms with Crippen molar-refractivity contribution in [2.24, 2.45) is 0 Å². The lowest BCUT2D eigenvalue weighted by molar-refractivity contribution is 0.584. The summed E-state index contributed by atoms with van der Waals surface area (Å²) in [5.74, 6) is -0.120. The Hall–Kier alpha value is -0.410. The molecule has 1 nitrogen and oxygen atoms in total. The topological polar surface area (TPSA) is 12.0 Å². The summed E-state index contributed by atoms with van der Waals surface area (Å²) in [4.78, 5) is 0. The second-order valence-electron chi connectivity index (χ2n) is 4.17. The van der Waals surface area contributed by atoms with E-state index in [1.54, 1.807) is 6.92 Å². The van der Waals surface area contributed by atoms with Gasteiger partial charge in [-0.3, -0.25) is 0 Å². The summed E-state index contributed by atoms with van der Waals surface area (Å²) in [6, 6.07) is 4.38. The Morgan fingerprint density at radius 2 is 2.33 bits per heavy atom. The first-order valence-corrected chi connectivity index (χ1v) is 6.14. The zero-order chi connectivity index (χ0) is 10.8. The van der Waals surface area contributed by atoms with Crippen molar-refractivity contribution in [1.82, 2.24) is 5.32 Å². The van der Waals surface area contributed by atoms with Gasteiger partial charge in [0.25, 0.3) is 0 Å². The number of hydrogen-bond donors (Lipinski definition) is 1. The van der Waals surface area contributed by atoms with E-state index < -0.39 is 0 Å². The normalized spacial score (nSPS) is 20.9. The van der Waals surface area contributed by atoms with E-state index in [1.165, 1.54) is 12.8 Å². The van der Waals surface area contributed by atoms with Crippen molar-refractivity contribution in [3.05, 3.63) is 33.5 Å². The molecule has 0 saturated carbocycles. The number of nitrogens with one attached hydrogen (secondary N) is 1. The van der Waals surface area contributed by atoms with Crippen molar-refractivity contribution in [3.8, 4) is 0 Å². The molecule has 1 aromatic rings. The molecular formula is C12H15BrFN. The molecule has 1 atom stereocenters. The van der Waals surface area contributed by atoms with Gasteiger partial charge in [0.1, 0.15) is 5.82 Å². The molecule has 1 aliphatic heterocycles. The Balaban J connectivity index is 2.17. The monoisotopic (exact) mass is 271 g/mol. The molecule has 0 aliphatic carbocycles. The standard InChI is InChI=1S/C12H15BrFN/c1-8-4-5-9(11(13)12(8)14)7-10-3-2-6-15-10/h4-5,10,15H,2-3,6-7H2,1H3. The van der Waals surface area contributed by atoms with Gasteiger partial charge in [-0.05, 0) is 59.8 Å². The minimum atomic E-state index is -0.120. The minimum Gasteiger partial charge on any atom is -0.314 e. The number of aryl methyl sites for hydroxylation is 1. The van der Waals surface area contributed by atoms with Crippen LogP contribution < -0.4 is 5.32 Å². The average Bonchev–Trinajstić information content (AvgIpc) is 2.72. The Labute approximate surface area is 98.2 Å². The average molecular weight is 272 g/mol. The molecule has 1 aliphatic rings. The van der Waals surface area contributed by atoms with Crippen LogP contribution in [0.25, 0.3) is 0 Å². The molecule has 3 heteroatoms. The first kappa shape index (κ1) is 11.1. The third kappa shape index (κ3) is 2.40. The molecule has 0 bridgehead atoms. The van der Waals surface area contributed by atoms with E-state index in [4.69, 9.17) is 0 Å². The van der Waals surface area contributed by atoms with E-state index >= 15 is 0 Å². The number of halogens is 2. The Morgan fingerprint density at radius 1 is 1.53 bits per heavy atom. The van der Waals surface area contributed by atoms with Gasteiger partial charge in [-0.1, -0.05) is 12.1 Å². The van der Waals surface area contributed by atoms with Crippen molar-refractivity contribution < 1.29 is 4.39 Å². The van der Waals surface area contributed by atoms with Crippen LogP contribution in [-0.2, 0) is 6.42 Å². The summed E-state index contributed by atoms with van der Waals surface area (Å²) < 4.78 is 14.2. The summed E-state index contributed by atoms with van der Waals surface area (Å²) in [5.41, 5.74) is 1.77. The zero-order valence-electron chi connectivity index (χ0n) is 8.82. The van der Waals surface area contributed by atoms with Crippen molar-refractivity contribution >= 4 is 15.9 Å². The minimum absolute atomic E-state index is 0.120. The fourth-order valence-electron chi connectivity index (χ4n) is 2.04. The fraction of sp³-hybridized carbons (Fsp3) is 0.500. The van der Waals surface area contributed by atoms with Gasteiger partial charge >= 0.3 is 0 Å². The third-order valence-electron chi connectivity index (χ3n) is 2.98. The van der Waals surface area contributed by atoms with Crippen molar-refractivity contribution in [3.63, 3.8) is 0 Å². The van der Waals surface area contributed by atoms with Crippen LogP contribution in [0.4, 0.5) is 4.39 Å². The van der Waals surface area contributed by atoms with Gasteiger partial charge in [0.15, 0.2) is 0 Å². The first-order chi connectivity index (χ1) is 7.18. The van der Waals surface area contributed by atoms with Gasteiger partial charge in [-0.25, -0.2) is 4.39 Å². The summed E-state index contributed by atoms with van der Waals surface area (Å²) in [5, 5.41) is 3.42. The smallest absolute Gasteiger partial charge is 0.140 e. The van der Waals surface area contributed by atoms with E-state index in [0.717, 1.165) is 18.5 Å². The van der Waals surface area contributed by atoms with Crippen LogP contribution in [-0.4, -0.2) is 12.6 Å². The summed E-state index contributed by atoms with van der Waals surface area (Å²) >= 11 is 3.34. The molecule has 1 unspecified atom stereocenters. The highest BCUT2D eigenvalue weighted by molar-refractivity contribution is 9.10. The number of benzene rings is 1. The molecule has 0 radical (unpaired) electrons. The second kappa shape index (κ2) is 4.62. The maximum absolute atomic E-state index is 13.6. The Bertz CT molecular complexity index is 359. The molecule has 1 saturated heterocycles. The quantitative estimate of drug-likeness (QED) is 0.871. The van der Waals surface area contributed by atoms with Crippen LogP contribution in [0.15, 0.2) is 16.6 Å². The number of hydrogen-bond acceptors (Lipinski definition) is 1. The van der Waals surface area contributed by atoms with Crippen LogP contribution in [0.2, 0.25) is 0 Å². The molecule has 0 amide bonds. The lowest BCUT2D eigenvalue weighted by Crippen LogP contribution is -2.23. The lowest BCUT2D eigenvalue weighted by Gasteiger charge is -2.12. The molecule has 82 valence electrons. The molecule has 0 spiro atoms. The molecule has 1 fully saturated rings. The highest BCUT2D eigenvalue weighted by Crippen LogP contribution is 2.25. The summed E-state index contributed by atoms with van der Waals surface area (Å²) in [7, 11) is 0. The molecule has 0 aromatic heterocycles. The zero-order valence-corrected chi connectivity index (χ0v) is 10.4. The maximum atomic E-state index is 13.6. The summed E-state index contributed by atoms with van der Waals surface area (Å²) in [6.07, 6.45) is 3.34. The van der Waals surface area contributed by atoms with Crippen LogP contribution >= 0.6 is 15.9 Å². The van der Waals surface area contributed by atoms with Gasteiger partial charge in [-0.2, -0.15) is 0 Å². The molecule has 1 N–H and O–H groups in total.